The minimum atomic E-state index is -3.60. The molecule has 1 aromatic carbocycles. The van der Waals surface area contributed by atoms with Gasteiger partial charge in [0.1, 0.15) is 0 Å². The summed E-state index contributed by atoms with van der Waals surface area (Å²) in [5.41, 5.74) is 1.28. The number of aromatic amines is 1. The normalized spacial score (nSPS) is 21.0. The first-order chi connectivity index (χ1) is 12.8. The standard InChI is InChI=1S/C17H23N5O4S/c1-12-10-22(11-13(2)26-12)27(24,25)16-5-3-14(4-6-16)20-17(23)18-9-15-7-8-19-21-15/h3-8,12-13H,9-11H2,1-2H3,(H,19,21)(H2,18,20,23)/t12-,13+. The van der Waals surface area contributed by atoms with Crippen molar-refractivity contribution in [3.63, 3.8) is 0 Å². The van der Waals surface area contributed by atoms with Crippen LogP contribution in [-0.2, 0) is 21.3 Å². The Morgan fingerprint density at radius 3 is 2.48 bits per heavy atom. The number of nitrogens with one attached hydrogen (secondary N) is 3. The molecule has 0 radical (unpaired) electrons. The lowest BCUT2D eigenvalue weighted by atomic mass is 10.3. The number of nitrogens with zero attached hydrogens (tertiary/aromatic N) is 2. The monoisotopic (exact) mass is 393 g/mol. The number of ether oxygens (including phenoxy) is 1. The van der Waals surface area contributed by atoms with Crippen LogP contribution in [0.1, 0.15) is 19.5 Å². The maximum atomic E-state index is 12.8. The number of anilines is 1. The molecule has 1 aliphatic rings. The van der Waals surface area contributed by atoms with Gasteiger partial charge in [-0.15, -0.1) is 0 Å². The van der Waals surface area contributed by atoms with Crippen LogP contribution in [0.25, 0.3) is 0 Å². The van der Waals surface area contributed by atoms with E-state index in [0.29, 0.717) is 25.3 Å². The lowest BCUT2D eigenvalue weighted by molar-refractivity contribution is -0.0440. The molecule has 3 rings (SSSR count). The largest absolute Gasteiger partial charge is 0.373 e. The van der Waals surface area contributed by atoms with Crippen molar-refractivity contribution in [3.05, 3.63) is 42.2 Å². The molecule has 0 spiro atoms. The number of H-pyrrole nitrogens is 1. The molecule has 10 heteroatoms. The van der Waals surface area contributed by atoms with Gasteiger partial charge in [-0.3, -0.25) is 5.10 Å². The number of amides is 2. The number of carbonyl (C=O) groups is 1. The number of morpholine rings is 1. The van der Waals surface area contributed by atoms with E-state index in [0.717, 1.165) is 5.69 Å². The van der Waals surface area contributed by atoms with Crippen LogP contribution in [0.2, 0.25) is 0 Å². The van der Waals surface area contributed by atoms with E-state index >= 15 is 0 Å². The van der Waals surface area contributed by atoms with Crippen molar-refractivity contribution >= 4 is 21.7 Å². The summed E-state index contributed by atoms with van der Waals surface area (Å²) in [6, 6.07) is 7.48. The average Bonchev–Trinajstić information content (AvgIpc) is 3.13. The number of aromatic nitrogens is 2. The Balaban J connectivity index is 1.61. The van der Waals surface area contributed by atoms with Gasteiger partial charge in [0, 0.05) is 25.0 Å². The van der Waals surface area contributed by atoms with Gasteiger partial charge >= 0.3 is 6.03 Å². The van der Waals surface area contributed by atoms with E-state index in [4.69, 9.17) is 4.74 Å². The topological polar surface area (TPSA) is 116 Å². The minimum Gasteiger partial charge on any atom is -0.373 e. The summed E-state index contributed by atoms with van der Waals surface area (Å²) in [6.45, 7) is 4.66. The van der Waals surface area contributed by atoms with Crippen LogP contribution in [0.5, 0.6) is 0 Å². The smallest absolute Gasteiger partial charge is 0.319 e. The van der Waals surface area contributed by atoms with Gasteiger partial charge in [0.2, 0.25) is 10.0 Å². The quantitative estimate of drug-likeness (QED) is 0.712. The molecular formula is C17H23N5O4S. The number of benzene rings is 1. The molecule has 2 aromatic rings. The molecule has 146 valence electrons. The van der Waals surface area contributed by atoms with Gasteiger partial charge in [0.05, 0.1) is 29.3 Å². The maximum absolute atomic E-state index is 12.8. The molecule has 0 unspecified atom stereocenters. The van der Waals surface area contributed by atoms with E-state index in [1.54, 1.807) is 24.4 Å². The predicted octanol–water partition coefficient (Wildman–Crippen LogP) is 1.53. The van der Waals surface area contributed by atoms with E-state index in [2.05, 4.69) is 20.8 Å². The molecular weight excluding hydrogens is 370 g/mol. The number of sulfonamides is 1. The van der Waals surface area contributed by atoms with Crippen LogP contribution in [0.3, 0.4) is 0 Å². The van der Waals surface area contributed by atoms with Crippen LogP contribution in [0, 0.1) is 0 Å². The third kappa shape index (κ3) is 4.85. The SMILES string of the molecule is C[C@@H]1CN(S(=O)(=O)c2ccc(NC(=O)NCc3ccn[nH]3)cc2)C[C@H](C)O1. The van der Waals surface area contributed by atoms with Crippen LogP contribution in [0.4, 0.5) is 10.5 Å². The molecule has 1 aliphatic heterocycles. The highest BCUT2D eigenvalue weighted by molar-refractivity contribution is 7.89. The average molecular weight is 393 g/mol. The summed E-state index contributed by atoms with van der Waals surface area (Å²) in [4.78, 5) is 12.1. The predicted molar refractivity (Wildman–Crippen MR) is 99.7 cm³/mol. The van der Waals surface area contributed by atoms with Crippen molar-refractivity contribution in [2.75, 3.05) is 18.4 Å². The maximum Gasteiger partial charge on any atom is 0.319 e. The molecule has 0 aliphatic carbocycles. The highest BCUT2D eigenvalue weighted by atomic mass is 32.2. The van der Waals surface area contributed by atoms with Crippen LogP contribution >= 0.6 is 0 Å². The minimum absolute atomic E-state index is 0.150. The van der Waals surface area contributed by atoms with Crippen LogP contribution in [-0.4, -0.2) is 54.2 Å². The molecule has 0 bridgehead atoms. The first-order valence-electron chi connectivity index (χ1n) is 8.63. The second-order valence-electron chi connectivity index (χ2n) is 6.49. The Bertz CT molecular complexity index is 857. The highest BCUT2D eigenvalue weighted by Gasteiger charge is 2.32. The van der Waals surface area contributed by atoms with E-state index in [1.165, 1.54) is 16.4 Å². The molecule has 27 heavy (non-hydrogen) atoms. The summed E-state index contributed by atoms with van der Waals surface area (Å²) in [7, 11) is -3.60. The second kappa shape index (κ2) is 8.07. The Morgan fingerprint density at radius 2 is 1.89 bits per heavy atom. The van der Waals surface area contributed by atoms with Crippen LogP contribution < -0.4 is 10.6 Å². The summed E-state index contributed by atoms with van der Waals surface area (Å²) in [6.07, 6.45) is 1.30. The third-order valence-corrected chi connectivity index (χ3v) is 5.98. The lowest BCUT2D eigenvalue weighted by Crippen LogP contribution is -2.48. The summed E-state index contributed by atoms with van der Waals surface area (Å²) in [5, 5.41) is 11.9. The number of carbonyl (C=O) groups excluding carboxylic acids is 1. The fraction of sp³-hybridized carbons (Fsp3) is 0.412. The Labute approximate surface area is 158 Å². The number of hydrogen-bond donors (Lipinski definition) is 3. The molecule has 2 heterocycles. The fourth-order valence-corrected chi connectivity index (χ4v) is 4.51. The van der Waals surface area contributed by atoms with E-state index in [9.17, 15) is 13.2 Å². The van der Waals surface area contributed by atoms with Crippen molar-refractivity contribution in [2.45, 2.75) is 37.5 Å². The number of urea groups is 1. The fourth-order valence-electron chi connectivity index (χ4n) is 2.92. The van der Waals surface area contributed by atoms with Crippen molar-refractivity contribution in [1.82, 2.24) is 19.8 Å². The van der Waals surface area contributed by atoms with Gasteiger partial charge < -0.3 is 15.4 Å². The molecule has 9 nitrogen and oxygen atoms in total. The molecule has 1 saturated heterocycles. The molecule has 1 aromatic heterocycles. The van der Waals surface area contributed by atoms with Gasteiger partial charge in [0.15, 0.2) is 0 Å². The van der Waals surface area contributed by atoms with Gasteiger partial charge in [-0.2, -0.15) is 9.40 Å². The third-order valence-electron chi connectivity index (χ3n) is 4.13. The van der Waals surface area contributed by atoms with Crippen molar-refractivity contribution in [3.8, 4) is 0 Å². The van der Waals surface area contributed by atoms with E-state index in [-0.39, 0.29) is 17.1 Å². The Morgan fingerprint density at radius 1 is 1.22 bits per heavy atom. The first-order valence-corrected chi connectivity index (χ1v) is 10.1. The molecule has 2 amide bonds. The first kappa shape index (κ1) is 19.3. The van der Waals surface area contributed by atoms with Gasteiger partial charge in [-0.25, -0.2) is 13.2 Å². The van der Waals surface area contributed by atoms with Gasteiger partial charge in [-0.1, -0.05) is 0 Å². The molecule has 3 N–H and O–H groups in total. The van der Waals surface area contributed by atoms with Gasteiger partial charge in [-0.05, 0) is 44.2 Å². The zero-order valence-electron chi connectivity index (χ0n) is 15.2. The Kier molecular flexibility index (Phi) is 5.78. The molecule has 1 fully saturated rings. The lowest BCUT2D eigenvalue weighted by Gasteiger charge is -2.34. The zero-order chi connectivity index (χ0) is 19.4. The van der Waals surface area contributed by atoms with Crippen molar-refractivity contribution < 1.29 is 17.9 Å². The number of rotatable bonds is 5. The number of hydrogen-bond acceptors (Lipinski definition) is 5. The zero-order valence-corrected chi connectivity index (χ0v) is 16.0. The van der Waals surface area contributed by atoms with E-state index < -0.39 is 16.1 Å². The van der Waals surface area contributed by atoms with Gasteiger partial charge in [0.25, 0.3) is 0 Å². The second-order valence-corrected chi connectivity index (χ2v) is 8.43. The highest BCUT2D eigenvalue weighted by Crippen LogP contribution is 2.22. The van der Waals surface area contributed by atoms with Crippen LogP contribution in [0.15, 0.2) is 41.4 Å². The summed E-state index contributed by atoms with van der Waals surface area (Å²) in [5.74, 6) is 0. The molecule has 2 atom stereocenters. The van der Waals surface area contributed by atoms with E-state index in [1.807, 2.05) is 13.8 Å². The molecule has 0 saturated carbocycles. The summed E-state index contributed by atoms with van der Waals surface area (Å²) >= 11 is 0. The van der Waals surface area contributed by atoms with Crippen molar-refractivity contribution in [1.29, 1.82) is 0 Å². The Hall–Kier alpha value is -2.43. The van der Waals surface area contributed by atoms with Crippen molar-refractivity contribution in [2.24, 2.45) is 0 Å². The summed E-state index contributed by atoms with van der Waals surface area (Å²) < 4.78 is 32.6.